The fourth-order valence-electron chi connectivity index (χ4n) is 4.15. The molecule has 0 aliphatic carbocycles. The Hall–Kier alpha value is -4.24. The Kier molecular flexibility index (Phi) is 8.15. The van der Waals surface area contributed by atoms with E-state index in [4.69, 9.17) is 21.7 Å². The number of benzene rings is 3. The molecule has 3 aromatic carbocycles. The first-order valence-corrected chi connectivity index (χ1v) is 12.1. The number of hydrogen-bond donors (Lipinski definition) is 1. The maximum absolute atomic E-state index is 13.6. The number of nitrogens with zero attached hydrogens (tertiary/aromatic N) is 2. The Morgan fingerprint density at radius 1 is 0.946 bits per heavy atom. The number of methoxy groups -OCH3 is 2. The van der Waals surface area contributed by atoms with Crippen LogP contribution in [0.5, 0.6) is 5.75 Å². The highest BCUT2D eigenvalue weighted by molar-refractivity contribution is 7.80. The summed E-state index contributed by atoms with van der Waals surface area (Å²) in [5.41, 5.74) is 2.60. The van der Waals surface area contributed by atoms with Gasteiger partial charge in [-0.2, -0.15) is 0 Å². The van der Waals surface area contributed by atoms with Crippen molar-refractivity contribution in [2.24, 2.45) is 0 Å². The number of ether oxygens (including phenoxy) is 2. The zero-order valence-electron chi connectivity index (χ0n) is 20.5. The Balaban J connectivity index is 1.52. The van der Waals surface area contributed by atoms with Crippen LogP contribution in [0.15, 0.2) is 78.9 Å². The van der Waals surface area contributed by atoms with E-state index in [2.05, 4.69) is 5.32 Å². The van der Waals surface area contributed by atoms with Gasteiger partial charge in [0.15, 0.2) is 5.11 Å². The van der Waals surface area contributed by atoms with Crippen molar-refractivity contribution in [1.29, 1.82) is 0 Å². The van der Waals surface area contributed by atoms with Crippen LogP contribution in [0.1, 0.15) is 22.3 Å². The number of thiocarbonyl (C=S) groups is 1. The summed E-state index contributed by atoms with van der Waals surface area (Å²) in [6, 6.07) is 22.6. The van der Waals surface area contributed by atoms with Crippen LogP contribution in [0.25, 0.3) is 0 Å². The van der Waals surface area contributed by atoms with Crippen molar-refractivity contribution in [3.63, 3.8) is 0 Å². The summed E-state index contributed by atoms with van der Waals surface area (Å²) in [7, 11) is 2.88. The van der Waals surface area contributed by atoms with Crippen LogP contribution in [0.2, 0.25) is 0 Å². The molecule has 1 heterocycles. The first-order chi connectivity index (χ1) is 17.9. The quantitative estimate of drug-likeness (QED) is 0.338. The van der Waals surface area contributed by atoms with Crippen molar-refractivity contribution >= 4 is 46.5 Å². The SMILES string of the molecule is COC(=O)c1ccc(NC(=O)C[C@H]2C(=O)N(c3ccc(OC)cc3)C(=S)N2CCc2ccccc2)cc1. The van der Waals surface area contributed by atoms with Gasteiger partial charge in [0.25, 0.3) is 5.91 Å². The Labute approximate surface area is 220 Å². The van der Waals surface area contributed by atoms with Gasteiger partial charge in [0.2, 0.25) is 5.91 Å². The molecule has 1 aliphatic rings. The number of rotatable bonds is 9. The summed E-state index contributed by atoms with van der Waals surface area (Å²) in [6.07, 6.45) is 0.580. The molecular weight excluding hydrogens is 490 g/mol. The monoisotopic (exact) mass is 517 g/mol. The van der Waals surface area contributed by atoms with Gasteiger partial charge in [-0.3, -0.25) is 14.5 Å². The van der Waals surface area contributed by atoms with E-state index in [1.807, 2.05) is 35.2 Å². The third-order valence-corrected chi connectivity index (χ3v) is 6.52. The van der Waals surface area contributed by atoms with E-state index in [0.29, 0.717) is 40.8 Å². The van der Waals surface area contributed by atoms with Gasteiger partial charge in [0, 0.05) is 12.2 Å². The summed E-state index contributed by atoms with van der Waals surface area (Å²) < 4.78 is 9.93. The highest BCUT2D eigenvalue weighted by atomic mass is 32.1. The van der Waals surface area contributed by atoms with E-state index in [9.17, 15) is 14.4 Å². The minimum absolute atomic E-state index is 0.0842. The lowest BCUT2D eigenvalue weighted by Crippen LogP contribution is -2.39. The van der Waals surface area contributed by atoms with Crippen molar-refractivity contribution in [3.05, 3.63) is 90.0 Å². The van der Waals surface area contributed by atoms with Crippen LogP contribution >= 0.6 is 12.2 Å². The van der Waals surface area contributed by atoms with Gasteiger partial charge in [-0.15, -0.1) is 0 Å². The number of hydrogen-bond acceptors (Lipinski definition) is 6. The molecule has 3 aromatic rings. The van der Waals surface area contributed by atoms with Crippen molar-refractivity contribution in [2.45, 2.75) is 18.9 Å². The molecule has 0 spiro atoms. The average Bonchev–Trinajstić information content (AvgIpc) is 3.16. The van der Waals surface area contributed by atoms with Gasteiger partial charge in [-0.25, -0.2) is 4.79 Å². The summed E-state index contributed by atoms with van der Waals surface area (Å²) in [4.78, 5) is 41.5. The molecule has 1 aliphatic heterocycles. The lowest BCUT2D eigenvalue weighted by atomic mass is 10.1. The molecule has 0 saturated carbocycles. The molecule has 0 aromatic heterocycles. The Morgan fingerprint density at radius 2 is 1.62 bits per heavy atom. The molecule has 190 valence electrons. The lowest BCUT2D eigenvalue weighted by Gasteiger charge is -2.24. The number of carbonyl (C=O) groups is 3. The fraction of sp³-hybridized carbons (Fsp3) is 0.214. The van der Waals surface area contributed by atoms with Gasteiger partial charge in [0.1, 0.15) is 11.8 Å². The first kappa shape index (κ1) is 25.8. The number of nitrogens with one attached hydrogen (secondary N) is 1. The van der Waals surface area contributed by atoms with E-state index in [-0.39, 0.29) is 18.2 Å². The van der Waals surface area contributed by atoms with Gasteiger partial charge in [-0.05, 0) is 72.7 Å². The Morgan fingerprint density at radius 3 is 2.24 bits per heavy atom. The second-order valence-electron chi connectivity index (χ2n) is 8.42. The van der Waals surface area contributed by atoms with Crippen LogP contribution in [-0.4, -0.2) is 54.6 Å². The highest BCUT2D eigenvalue weighted by Gasteiger charge is 2.43. The fourth-order valence-corrected chi connectivity index (χ4v) is 4.56. The predicted octanol–water partition coefficient (Wildman–Crippen LogP) is 4.06. The van der Waals surface area contributed by atoms with Crippen LogP contribution in [-0.2, 0) is 20.7 Å². The smallest absolute Gasteiger partial charge is 0.337 e. The third-order valence-electron chi connectivity index (χ3n) is 6.10. The van der Waals surface area contributed by atoms with E-state index in [1.165, 1.54) is 12.0 Å². The van der Waals surface area contributed by atoms with E-state index in [1.54, 1.807) is 55.6 Å². The molecule has 8 nitrogen and oxygen atoms in total. The molecule has 4 rings (SSSR count). The summed E-state index contributed by atoms with van der Waals surface area (Å²) >= 11 is 5.73. The third kappa shape index (κ3) is 5.95. The van der Waals surface area contributed by atoms with Crippen molar-refractivity contribution < 1.29 is 23.9 Å². The maximum Gasteiger partial charge on any atom is 0.337 e. The number of anilines is 2. The normalized spacial score (nSPS) is 15.0. The molecule has 2 amide bonds. The van der Waals surface area contributed by atoms with Gasteiger partial charge in [0.05, 0.1) is 31.9 Å². The number of carbonyl (C=O) groups excluding carboxylic acids is 3. The maximum atomic E-state index is 13.6. The first-order valence-electron chi connectivity index (χ1n) is 11.7. The summed E-state index contributed by atoms with van der Waals surface area (Å²) in [5, 5.41) is 3.16. The molecule has 1 N–H and O–H groups in total. The average molecular weight is 518 g/mol. The minimum Gasteiger partial charge on any atom is -0.497 e. The van der Waals surface area contributed by atoms with Crippen LogP contribution in [0.4, 0.5) is 11.4 Å². The summed E-state index contributed by atoms with van der Waals surface area (Å²) in [6.45, 7) is 0.479. The van der Waals surface area contributed by atoms with Crippen LogP contribution in [0.3, 0.4) is 0 Å². The molecule has 9 heteroatoms. The van der Waals surface area contributed by atoms with Crippen LogP contribution in [0, 0.1) is 0 Å². The summed E-state index contributed by atoms with van der Waals surface area (Å²) in [5.74, 6) is -0.403. The molecular formula is C28H27N3O5S. The molecule has 37 heavy (non-hydrogen) atoms. The lowest BCUT2D eigenvalue weighted by molar-refractivity contribution is -0.124. The molecule has 1 atom stereocenters. The van der Waals surface area contributed by atoms with Crippen molar-refractivity contribution in [3.8, 4) is 5.75 Å². The zero-order valence-corrected chi connectivity index (χ0v) is 21.4. The number of amides is 2. The molecule has 0 unspecified atom stereocenters. The second kappa shape index (κ2) is 11.7. The molecule has 0 bridgehead atoms. The zero-order chi connectivity index (χ0) is 26.4. The van der Waals surface area contributed by atoms with E-state index in [0.717, 1.165) is 5.56 Å². The van der Waals surface area contributed by atoms with Gasteiger partial charge >= 0.3 is 5.97 Å². The molecule has 1 saturated heterocycles. The van der Waals surface area contributed by atoms with Crippen molar-refractivity contribution in [1.82, 2.24) is 4.90 Å². The number of esters is 1. The second-order valence-corrected chi connectivity index (χ2v) is 8.79. The van der Waals surface area contributed by atoms with E-state index < -0.39 is 12.0 Å². The van der Waals surface area contributed by atoms with Gasteiger partial charge < -0.3 is 19.7 Å². The largest absolute Gasteiger partial charge is 0.497 e. The predicted molar refractivity (Wildman–Crippen MR) is 145 cm³/mol. The standard InChI is InChI=1S/C28H27N3O5S/c1-35-23-14-12-22(13-15-23)31-26(33)24(30(28(31)37)17-16-19-6-4-3-5-7-19)18-25(32)29-21-10-8-20(9-11-21)27(34)36-2/h3-15,24H,16-18H2,1-2H3,(H,29,32)/t24-/m0/s1. The van der Waals surface area contributed by atoms with Crippen molar-refractivity contribution in [2.75, 3.05) is 31.0 Å². The molecule has 0 radical (unpaired) electrons. The van der Waals surface area contributed by atoms with Crippen LogP contribution < -0.4 is 15.0 Å². The highest BCUT2D eigenvalue weighted by Crippen LogP contribution is 2.29. The topological polar surface area (TPSA) is 88.2 Å². The van der Waals surface area contributed by atoms with E-state index >= 15 is 0 Å². The van der Waals surface area contributed by atoms with Gasteiger partial charge in [-0.1, -0.05) is 30.3 Å². The Bertz CT molecular complexity index is 1280. The minimum atomic E-state index is -0.757. The molecule has 1 fully saturated rings.